The average Bonchev–Trinajstić information content (AvgIpc) is 3.38. The summed E-state index contributed by atoms with van der Waals surface area (Å²) in [5.41, 5.74) is 2.30. The number of amides is 3. The number of nitrogens with zero attached hydrogens (tertiary/aromatic N) is 2. The van der Waals surface area contributed by atoms with E-state index in [-0.39, 0.29) is 31.0 Å². The van der Waals surface area contributed by atoms with Gasteiger partial charge in [-0.1, -0.05) is 13.0 Å². The molecule has 2 heterocycles. The molecule has 0 radical (unpaired) electrons. The van der Waals surface area contributed by atoms with E-state index in [4.69, 9.17) is 0 Å². The maximum Gasteiger partial charge on any atom is 0.408 e. The zero-order chi connectivity index (χ0) is 23.2. The molecule has 4 rings (SSSR count). The van der Waals surface area contributed by atoms with Gasteiger partial charge in [-0.05, 0) is 53.9 Å². The molecule has 10 heteroatoms. The number of hydrogen-bond donors (Lipinski definition) is 3. The van der Waals surface area contributed by atoms with E-state index in [1.807, 2.05) is 6.92 Å². The second kappa shape index (κ2) is 8.16. The number of carboxylic acid groups (broad SMARTS) is 1. The van der Waals surface area contributed by atoms with E-state index in [0.717, 1.165) is 17.4 Å². The van der Waals surface area contributed by atoms with Gasteiger partial charge in [0.15, 0.2) is 0 Å². The highest BCUT2D eigenvalue weighted by Crippen LogP contribution is 2.59. The highest BCUT2D eigenvalue weighted by atomic mass is 19.1. The van der Waals surface area contributed by atoms with Crippen LogP contribution in [-0.2, 0) is 9.59 Å². The first-order chi connectivity index (χ1) is 15.1. The van der Waals surface area contributed by atoms with Crippen LogP contribution in [0.1, 0.15) is 31.7 Å². The van der Waals surface area contributed by atoms with E-state index in [1.165, 1.54) is 17.0 Å². The summed E-state index contributed by atoms with van der Waals surface area (Å²) < 4.78 is 27.1. The number of likely N-dealkylation sites (tertiary alicyclic amines) is 1. The molecule has 8 nitrogen and oxygen atoms in total. The molecule has 32 heavy (non-hydrogen) atoms. The molecule has 1 aromatic carbocycles. The van der Waals surface area contributed by atoms with E-state index in [9.17, 15) is 33.5 Å². The van der Waals surface area contributed by atoms with Crippen molar-refractivity contribution in [3.63, 3.8) is 0 Å². The number of halogens is 2. The number of rotatable bonds is 3. The van der Waals surface area contributed by atoms with E-state index in [2.05, 4.69) is 0 Å². The Kier molecular flexibility index (Phi) is 5.66. The fraction of sp³-hybridized carbons (Fsp3) is 0.500. The van der Waals surface area contributed by atoms with Crippen LogP contribution < -0.4 is 5.48 Å². The summed E-state index contributed by atoms with van der Waals surface area (Å²) in [4.78, 5) is 40.3. The monoisotopic (exact) mass is 449 g/mol. The molecule has 3 amide bonds. The predicted molar refractivity (Wildman–Crippen MR) is 108 cm³/mol. The van der Waals surface area contributed by atoms with Crippen LogP contribution in [0.2, 0.25) is 0 Å². The number of hydrogen-bond acceptors (Lipinski definition) is 4. The van der Waals surface area contributed by atoms with Crippen LogP contribution >= 0.6 is 0 Å². The quantitative estimate of drug-likeness (QED) is 0.485. The Balaban J connectivity index is 1.57. The SMILES string of the molecule is CC1CC12C[C@H](C(=O)NO)[C@@H](C(=O)N1CC=C(c3cc(F)cc(F)c3)CC1)N(C(=O)O)C2. The number of nitrogens with one attached hydrogen (secondary N) is 1. The Morgan fingerprint density at radius 3 is 2.31 bits per heavy atom. The van der Waals surface area contributed by atoms with Crippen LogP contribution in [0.15, 0.2) is 24.3 Å². The van der Waals surface area contributed by atoms with Crippen LogP contribution in [-0.4, -0.2) is 63.7 Å². The van der Waals surface area contributed by atoms with Crippen LogP contribution in [0.4, 0.5) is 13.6 Å². The topological polar surface area (TPSA) is 110 Å². The lowest BCUT2D eigenvalue weighted by Gasteiger charge is -2.44. The number of piperidine rings is 1. The normalized spacial score (nSPS) is 29.5. The van der Waals surface area contributed by atoms with Gasteiger partial charge in [-0.3, -0.25) is 19.7 Å². The number of hydroxylamine groups is 1. The summed E-state index contributed by atoms with van der Waals surface area (Å²) in [5, 5.41) is 19.0. The Hall–Kier alpha value is -3.01. The van der Waals surface area contributed by atoms with Gasteiger partial charge in [0.1, 0.15) is 17.7 Å². The van der Waals surface area contributed by atoms with Gasteiger partial charge in [0.25, 0.3) is 0 Å². The highest BCUT2D eigenvalue weighted by Gasteiger charge is 2.61. The Bertz CT molecular complexity index is 980. The second-order valence-corrected chi connectivity index (χ2v) is 9.03. The van der Waals surface area contributed by atoms with Crippen molar-refractivity contribution in [1.82, 2.24) is 15.3 Å². The summed E-state index contributed by atoms with van der Waals surface area (Å²) in [6.07, 6.45) is 1.78. The van der Waals surface area contributed by atoms with Gasteiger partial charge < -0.3 is 10.0 Å². The first-order valence-corrected chi connectivity index (χ1v) is 10.5. The molecule has 1 saturated heterocycles. The van der Waals surface area contributed by atoms with Crippen LogP contribution in [0.3, 0.4) is 0 Å². The highest BCUT2D eigenvalue weighted by molar-refractivity contribution is 5.93. The number of benzene rings is 1. The van der Waals surface area contributed by atoms with Crippen molar-refractivity contribution < 1.29 is 33.5 Å². The molecule has 0 bridgehead atoms. The van der Waals surface area contributed by atoms with Gasteiger partial charge in [0, 0.05) is 25.7 Å². The molecule has 4 atom stereocenters. The van der Waals surface area contributed by atoms with E-state index < -0.39 is 41.5 Å². The Labute approximate surface area is 183 Å². The Morgan fingerprint density at radius 1 is 1.16 bits per heavy atom. The summed E-state index contributed by atoms with van der Waals surface area (Å²) in [5.74, 6) is -3.48. The van der Waals surface area contributed by atoms with Crippen molar-refractivity contribution in [2.75, 3.05) is 19.6 Å². The molecule has 0 aromatic heterocycles. The van der Waals surface area contributed by atoms with Crippen LogP contribution in [0.25, 0.3) is 5.57 Å². The van der Waals surface area contributed by atoms with Crippen molar-refractivity contribution >= 4 is 23.5 Å². The third-order valence-electron chi connectivity index (χ3n) is 7.13. The molecular weight excluding hydrogens is 424 g/mol. The van der Waals surface area contributed by atoms with Crippen molar-refractivity contribution in [3.05, 3.63) is 41.5 Å². The first-order valence-electron chi connectivity index (χ1n) is 10.5. The molecule has 3 N–H and O–H groups in total. The van der Waals surface area contributed by atoms with Gasteiger partial charge in [-0.2, -0.15) is 0 Å². The molecule has 2 aliphatic heterocycles. The largest absolute Gasteiger partial charge is 0.465 e. The van der Waals surface area contributed by atoms with Crippen LogP contribution in [0, 0.1) is 28.9 Å². The smallest absolute Gasteiger partial charge is 0.408 e. The van der Waals surface area contributed by atoms with Gasteiger partial charge in [0.05, 0.1) is 5.92 Å². The number of carbonyl (C=O) groups excluding carboxylic acids is 2. The fourth-order valence-corrected chi connectivity index (χ4v) is 5.19. The second-order valence-electron chi connectivity index (χ2n) is 9.03. The van der Waals surface area contributed by atoms with Gasteiger partial charge >= 0.3 is 6.09 Å². The lowest BCUT2D eigenvalue weighted by atomic mass is 9.78. The minimum atomic E-state index is -1.29. The summed E-state index contributed by atoms with van der Waals surface area (Å²) in [6.45, 7) is 2.46. The maximum absolute atomic E-state index is 13.5. The molecule has 3 aliphatic rings. The molecule has 172 valence electrons. The molecule has 2 fully saturated rings. The summed E-state index contributed by atoms with van der Waals surface area (Å²) in [6, 6.07) is 1.97. The van der Waals surface area contributed by atoms with Crippen molar-refractivity contribution in [2.45, 2.75) is 32.2 Å². The standard InChI is InChI=1S/C22H25F2N3O5/c1-12-9-22(12)10-17(19(28)25-32)18(27(11-22)21(30)31)20(29)26-4-2-13(3-5-26)14-6-15(23)8-16(24)7-14/h2,6-8,12,17-18,32H,3-5,9-11H2,1H3,(H,25,28)(H,30,31)/t12?,17-,18-,22?/m0/s1. The van der Waals surface area contributed by atoms with E-state index in [0.29, 0.717) is 24.0 Å². The zero-order valence-electron chi connectivity index (χ0n) is 17.6. The lowest BCUT2D eigenvalue weighted by Crippen LogP contribution is -2.62. The Morgan fingerprint density at radius 2 is 1.81 bits per heavy atom. The van der Waals surface area contributed by atoms with Crippen molar-refractivity contribution in [3.8, 4) is 0 Å². The van der Waals surface area contributed by atoms with Gasteiger partial charge in [0.2, 0.25) is 11.8 Å². The molecule has 1 aromatic rings. The summed E-state index contributed by atoms with van der Waals surface area (Å²) >= 11 is 0. The van der Waals surface area contributed by atoms with Gasteiger partial charge in [-0.15, -0.1) is 0 Å². The average molecular weight is 449 g/mol. The minimum absolute atomic E-state index is 0.116. The molecular formula is C22H25F2N3O5. The number of carbonyl (C=O) groups is 3. The molecule has 1 spiro atoms. The van der Waals surface area contributed by atoms with Crippen molar-refractivity contribution in [2.24, 2.45) is 17.3 Å². The summed E-state index contributed by atoms with van der Waals surface area (Å²) in [7, 11) is 0. The van der Waals surface area contributed by atoms with E-state index >= 15 is 0 Å². The third-order valence-corrected chi connectivity index (χ3v) is 7.13. The first kappa shape index (κ1) is 22.2. The minimum Gasteiger partial charge on any atom is -0.465 e. The zero-order valence-corrected chi connectivity index (χ0v) is 17.6. The molecule has 2 unspecified atom stereocenters. The maximum atomic E-state index is 13.5. The third kappa shape index (κ3) is 3.94. The predicted octanol–water partition coefficient (Wildman–Crippen LogP) is 2.48. The van der Waals surface area contributed by atoms with Crippen molar-refractivity contribution in [1.29, 1.82) is 0 Å². The fourth-order valence-electron chi connectivity index (χ4n) is 5.19. The van der Waals surface area contributed by atoms with Gasteiger partial charge in [-0.25, -0.2) is 19.1 Å². The molecule has 1 saturated carbocycles. The van der Waals surface area contributed by atoms with E-state index in [1.54, 1.807) is 11.6 Å². The molecule has 1 aliphatic carbocycles. The lowest BCUT2D eigenvalue weighted by molar-refractivity contribution is -0.150. The van der Waals surface area contributed by atoms with Crippen LogP contribution in [0.5, 0.6) is 0 Å².